The summed E-state index contributed by atoms with van der Waals surface area (Å²) in [4.78, 5) is 0. The maximum atomic E-state index is 10.3. The van der Waals surface area contributed by atoms with Crippen LogP contribution in [0.5, 0.6) is 11.5 Å². The van der Waals surface area contributed by atoms with Gasteiger partial charge in [0.1, 0.15) is 11.5 Å². The van der Waals surface area contributed by atoms with Crippen LogP contribution >= 0.6 is 0 Å². The number of benzene rings is 1. The summed E-state index contributed by atoms with van der Waals surface area (Å²) < 4.78 is 10.4. The van der Waals surface area contributed by atoms with Crippen LogP contribution in [0.4, 0.5) is 0 Å². The van der Waals surface area contributed by atoms with Crippen molar-refractivity contribution in [2.45, 2.75) is 25.5 Å². The smallest absolute Gasteiger partial charge is 0.128 e. The van der Waals surface area contributed by atoms with Crippen LogP contribution in [-0.4, -0.2) is 43.6 Å². The second kappa shape index (κ2) is 7.99. The molecule has 0 amide bonds. The lowest BCUT2D eigenvalue weighted by Gasteiger charge is -2.22. The van der Waals surface area contributed by atoms with Gasteiger partial charge in [-0.2, -0.15) is 0 Å². The fraction of sp³-hybridized carbons (Fsp3) is 0.571. The number of methoxy groups -OCH3 is 2. The molecule has 0 heterocycles. The molecule has 0 bridgehead atoms. The summed E-state index contributed by atoms with van der Waals surface area (Å²) in [6, 6.07) is 5.21. The number of ether oxygens (including phenoxy) is 2. The Hall–Kier alpha value is -1.30. The molecule has 5 heteroatoms. The van der Waals surface area contributed by atoms with Crippen LogP contribution in [0.2, 0.25) is 0 Å². The van der Waals surface area contributed by atoms with Gasteiger partial charge in [0.05, 0.1) is 20.3 Å². The van der Waals surface area contributed by atoms with E-state index in [2.05, 4.69) is 5.32 Å². The average Bonchev–Trinajstić information content (AvgIpc) is 2.45. The molecule has 0 aliphatic rings. The van der Waals surface area contributed by atoms with Crippen molar-refractivity contribution in [3.8, 4) is 11.5 Å². The summed E-state index contributed by atoms with van der Waals surface area (Å²) in [5.74, 6) is 1.29. The van der Waals surface area contributed by atoms with E-state index in [4.69, 9.17) is 14.6 Å². The van der Waals surface area contributed by atoms with Gasteiger partial charge in [-0.05, 0) is 32.0 Å². The Labute approximate surface area is 114 Å². The van der Waals surface area contributed by atoms with Crippen LogP contribution in [0.15, 0.2) is 18.2 Å². The summed E-state index contributed by atoms with van der Waals surface area (Å²) in [6.45, 7) is 2.70. The Balaban J connectivity index is 2.77. The molecular weight excluding hydrogens is 246 g/mol. The van der Waals surface area contributed by atoms with E-state index in [1.54, 1.807) is 32.4 Å². The molecule has 2 unspecified atom stereocenters. The third-order valence-corrected chi connectivity index (χ3v) is 3.03. The normalized spacial score (nSPS) is 13.9. The van der Waals surface area contributed by atoms with Crippen molar-refractivity contribution in [1.29, 1.82) is 0 Å². The van der Waals surface area contributed by atoms with Crippen molar-refractivity contribution in [3.63, 3.8) is 0 Å². The van der Waals surface area contributed by atoms with Crippen molar-refractivity contribution < 1.29 is 19.7 Å². The topological polar surface area (TPSA) is 71.0 Å². The number of aliphatic hydroxyl groups excluding tert-OH is 2. The highest BCUT2D eigenvalue weighted by atomic mass is 16.5. The summed E-state index contributed by atoms with van der Waals surface area (Å²) in [5, 5.41) is 22.2. The highest BCUT2D eigenvalue weighted by Crippen LogP contribution is 2.30. The van der Waals surface area contributed by atoms with E-state index < -0.39 is 6.10 Å². The van der Waals surface area contributed by atoms with E-state index in [9.17, 15) is 5.11 Å². The zero-order valence-electron chi connectivity index (χ0n) is 11.7. The quantitative estimate of drug-likeness (QED) is 0.616. The number of hydrogen-bond donors (Lipinski definition) is 3. The molecule has 0 aliphatic carbocycles. The number of aliphatic hydroxyl groups is 2. The molecule has 0 saturated carbocycles. The van der Waals surface area contributed by atoms with Gasteiger partial charge in [0.15, 0.2) is 0 Å². The van der Waals surface area contributed by atoms with E-state index in [1.807, 2.05) is 6.92 Å². The fourth-order valence-corrected chi connectivity index (χ4v) is 1.85. The third kappa shape index (κ3) is 4.38. The van der Waals surface area contributed by atoms with Crippen LogP contribution < -0.4 is 14.8 Å². The number of hydrogen-bond acceptors (Lipinski definition) is 5. The first-order chi connectivity index (χ1) is 9.13. The zero-order chi connectivity index (χ0) is 14.3. The van der Waals surface area contributed by atoms with Crippen molar-refractivity contribution in [3.05, 3.63) is 23.8 Å². The summed E-state index contributed by atoms with van der Waals surface area (Å²) >= 11 is 0. The molecule has 0 radical (unpaired) electrons. The van der Waals surface area contributed by atoms with Crippen molar-refractivity contribution in [2.24, 2.45) is 0 Å². The second-order valence-electron chi connectivity index (χ2n) is 4.37. The minimum absolute atomic E-state index is 0.131. The van der Waals surface area contributed by atoms with Gasteiger partial charge in [-0.3, -0.25) is 0 Å². The summed E-state index contributed by atoms with van der Waals surface area (Å²) in [7, 11) is 3.15. The van der Waals surface area contributed by atoms with Crippen molar-refractivity contribution >= 4 is 0 Å². The summed E-state index contributed by atoms with van der Waals surface area (Å²) in [6.07, 6.45) is -0.0175. The molecule has 0 aliphatic heterocycles. The molecule has 19 heavy (non-hydrogen) atoms. The molecule has 0 spiro atoms. The zero-order valence-corrected chi connectivity index (χ0v) is 11.7. The molecule has 2 atom stereocenters. The maximum Gasteiger partial charge on any atom is 0.128 e. The first-order valence-electron chi connectivity index (χ1n) is 6.38. The van der Waals surface area contributed by atoms with Gasteiger partial charge in [-0.25, -0.2) is 0 Å². The predicted octanol–water partition coefficient (Wildman–Crippen LogP) is 1.10. The SMILES string of the molecule is COc1ccc(C(O)C(C)NCCCO)c(OC)c1. The Morgan fingerprint density at radius 3 is 2.58 bits per heavy atom. The minimum atomic E-state index is -0.681. The number of nitrogens with one attached hydrogen (secondary N) is 1. The van der Waals surface area contributed by atoms with Gasteiger partial charge >= 0.3 is 0 Å². The van der Waals surface area contributed by atoms with Gasteiger partial charge in [-0.1, -0.05) is 0 Å². The molecule has 5 nitrogen and oxygen atoms in total. The summed E-state index contributed by atoms with van der Waals surface area (Å²) in [5.41, 5.74) is 0.715. The molecule has 1 rings (SSSR count). The number of rotatable bonds is 8. The molecule has 0 aromatic heterocycles. The van der Waals surface area contributed by atoms with Crippen LogP contribution in [-0.2, 0) is 0 Å². The molecule has 0 saturated heterocycles. The van der Waals surface area contributed by atoms with Crippen molar-refractivity contribution in [1.82, 2.24) is 5.32 Å². The van der Waals surface area contributed by atoms with Gasteiger partial charge in [-0.15, -0.1) is 0 Å². The molecular formula is C14H23NO4. The molecule has 108 valence electrons. The maximum absolute atomic E-state index is 10.3. The van der Waals surface area contributed by atoms with Gasteiger partial charge in [0, 0.05) is 24.3 Å². The molecule has 0 fully saturated rings. The van der Waals surface area contributed by atoms with E-state index >= 15 is 0 Å². The van der Waals surface area contributed by atoms with Crippen molar-refractivity contribution in [2.75, 3.05) is 27.4 Å². The standard InChI is InChI=1S/C14H23NO4/c1-10(15-7-4-8-16)14(17)12-6-5-11(18-2)9-13(12)19-3/h5-6,9-10,14-17H,4,7-8H2,1-3H3. The largest absolute Gasteiger partial charge is 0.497 e. The first kappa shape index (κ1) is 15.8. The minimum Gasteiger partial charge on any atom is -0.497 e. The van der Waals surface area contributed by atoms with E-state index in [0.29, 0.717) is 30.0 Å². The van der Waals surface area contributed by atoms with E-state index in [1.165, 1.54) is 0 Å². The lowest BCUT2D eigenvalue weighted by Crippen LogP contribution is -2.33. The predicted molar refractivity (Wildman–Crippen MR) is 73.7 cm³/mol. The fourth-order valence-electron chi connectivity index (χ4n) is 1.85. The lowest BCUT2D eigenvalue weighted by molar-refractivity contribution is 0.131. The highest BCUT2D eigenvalue weighted by molar-refractivity contribution is 5.42. The third-order valence-electron chi connectivity index (χ3n) is 3.03. The highest BCUT2D eigenvalue weighted by Gasteiger charge is 2.20. The molecule has 3 N–H and O–H groups in total. The van der Waals surface area contributed by atoms with Gasteiger partial charge in [0.25, 0.3) is 0 Å². The Bertz CT molecular complexity index is 384. The van der Waals surface area contributed by atoms with Gasteiger partial charge < -0.3 is 25.0 Å². The Morgan fingerprint density at radius 2 is 2.00 bits per heavy atom. The monoisotopic (exact) mass is 269 g/mol. The molecule has 1 aromatic carbocycles. The van der Waals surface area contributed by atoms with Crippen LogP contribution in [0, 0.1) is 0 Å². The average molecular weight is 269 g/mol. The molecule has 1 aromatic rings. The lowest BCUT2D eigenvalue weighted by atomic mass is 10.0. The van der Waals surface area contributed by atoms with E-state index in [-0.39, 0.29) is 12.6 Å². The Morgan fingerprint density at radius 1 is 1.26 bits per heavy atom. The first-order valence-corrected chi connectivity index (χ1v) is 6.38. The van der Waals surface area contributed by atoms with Gasteiger partial charge in [0.2, 0.25) is 0 Å². The second-order valence-corrected chi connectivity index (χ2v) is 4.37. The van der Waals surface area contributed by atoms with Crippen LogP contribution in [0.25, 0.3) is 0 Å². The van der Waals surface area contributed by atoms with E-state index in [0.717, 1.165) is 0 Å². The van der Waals surface area contributed by atoms with Crippen LogP contribution in [0.3, 0.4) is 0 Å². The van der Waals surface area contributed by atoms with Crippen LogP contribution in [0.1, 0.15) is 25.0 Å². The Kier molecular flexibility index (Phi) is 6.62.